The van der Waals surface area contributed by atoms with E-state index in [1.54, 1.807) is 25.3 Å². The van der Waals surface area contributed by atoms with Crippen LogP contribution in [0.4, 0.5) is 0 Å². The van der Waals surface area contributed by atoms with E-state index in [-0.39, 0.29) is 0 Å². The van der Waals surface area contributed by atoms with E-state index in [4.69, 9.17) is 15.2 Å². The number of pyridine rings is 1. The van der Waals surface area contributed by atoms with Gasteiger partial charge in [-0.15, -0.1) is 0 Å². The minimum absolute atomic E-state index is 0.427. The molecule has 0 saturated heterocycles. The predicted molar refractivity (Wildman–Crippen MR) is 126 cm³/mol. The van der Waals surface area contributed by atoms with Crippen LogP contribution in [-0.4, -0.2) is 24.5 Å². The fourth-order valence-corrected chi connectivity index (χ4v) is 3.44. The zero-order valence-electron chi connectivity index (χ0n) is 17.7. The topological polar surface area (TPSA) is 93.5 Å². The van der Waals surface area contributed by atoms with Gasteiger partial charge < -0.3 is 15.2 Å². The van der Waals surface area contributed by atoms with Crippen molar-refractivity contribution in [3.63, 3.8) is 0 Å². The Morgan fingerprint density at radius 3 is 2.66 bits per heavy atom. The third-order valence-corrected chi connectivity index (χ3v) is 5.01. The van der Waals surface area contributed by atoms with Crippen LogP contribution in [0.5, 0.6) is 11.5 Å². The Hall–Kier alpha value is -4.37. The Morgan fingerprint density at radius 2 is 1.94 bits per heavy atom. The van der Waals surface area contributed by atoms with Gasteiger partial charge in [-0.05, 0) is 61.0 Å². The standard InChI is InChI=1S/C26H22N4O2/c1-17(28)23-6-3-7-24(30-23)19-9-11-20(12-10-19)32-25-13-8-18(16-27)15-22(25)21-5-4-14-29-26(21)31-2/h3,5-13,15H,1,4,14,28H2,2H3. The summed E-state index contributed by atoms with van der Waals surface area (Å²) in [6.45, 7) is 4.42. The summed E-state index contributed by atoms with van der Waals surface area (Å²) < 4.78 is 11.6. The van der Waals surface area contributed by atoms with Crippen LogP contribution in [0.3, 0.4) is 0 Å². The second-order valence-electron chi connectivity index (χ2n) is 7.18. The van der Waals surface area contributed by atoms with Crippen LogP contribution in [0.25, 0.3) is 22.5 Å². The van der Waals surface area contributed by atoms with E-state index in [1.165, 1.54) is 0 Å². The molecule has 1 aliphatic rings. The van der Waals surface area contributed by atoms with Crippen LogP contribution in [0.1, 0.15) is 23.2 Å². The van der Waals surface area contributed by atoms with E-state index in [1.807, 2.05) is 42.5 Å². The summed E-state index contributed by atoms with van der Waals surface area (Å²) in [6.07, 6.45) is 2.86. The van der Waals surface area contributed by atoms with E-state index in [0.29, 0.717) is 40.9 Å². The number of ether oxygens (including phenoxy) is 2. The largest absolute Gasteiger partial charge is 0.481 e. The number of methoxy groups -OCH3 is 1. The number of benzene rings is 2. The van der Waals surface area contributed by atoms with E-state index >= 15 is 0 Å². The monoisotopic (exact) mass is 422 g/mol. The Bertz CT molecular complexity index is 1270. The number of nitrogens with two attached hydrogens (primary N) is 1. The highest BCUT2D eigenvalue weighted by Crippen LogP contribution is 2.34. The van der Waals surface area contributed by atoms with Crippen LogP contribution in [-0.2, 0) is 4.74 Å². The molecule has 0 spiro atoms. The fourth-order valence-electron chi connectivity index (χ4n) is 3.44. The molecule has 1 aromatic heterocycles. The molecule has 158 valence electrons. The Morgan fingerprint density at radius 1 is 1.12 bits per heavy atom. The molecular weight excluding hydrogens is 400 g/mol. The summed E-state index contributed by atoms with van der Waals surface area (Å²) in [5.41, 5.74) is 10.7. The van der Waals surface area contributed by atoms with Gasteiger partial charge in [-0.3, -0.25) is 4.99 Å². The lowest BCUT2D eigenvalue weighted by Gasteiger charge is -2.18. The van der Waals surface area contributed by atoms with Gasteiger partial charge in [0.25, 0.3) is 0 Å². The van der Waals surface area contributed by atoms with Gasteiger partial charge in [0.15, 0.2) is 0 Å². The molecule has 2 N–H and O–H groups in total. The number of nitrogens with zero attached hydrogens (tertiary/aromatic N) is 3. The molecule has 6 nitrogen and oxygen atoms in total. The van der Waals surface area contributed by atoms with E-state index in [0.717, 1.165) is 28.8 Å². The van der Waals surface area contributed by atoms with E-state index in [2.05, 4.69) is 28.7 Å². The van der Waals surface area contributed by atoms with Gasteiger partial charge in [-0.25, -0.2) is 4.98 Å². The molecule has 0 saturated carbocycles. The number of rotatable bonds is 5. The van der Waals surface area contributed by atoms with Gasteiger partial charge in [0.2, 0.25) is 5.90 Å². The third kappa shape index (κ3) is 4.37. The van der Waals surface area contributed by atoms with Gasteiger partial charge in [-0.2, -0.15) is 5.26 Å². The van der Waals surface area contributed by atoms with Crippen molar-refractivity contribution in [1.29, 1.82) is 5.26 Å². The lowest BCUT2D eigenvalue weighted by atomic mass is 9.99. The average Bonchev–Trinajstić information content (AvgIpc) is 2.84. The molecule has 0 amide bonds. The molecular formula is C26H22N4O2. The zero-order chi connectivity index (χ0) is 22.5. The summed E-state index contributed by atoms with van der Waals surface area (Å²) in [6, 6.07) is 20.8. The van der Waals surface area contributed by atoms with Crippen LogP contribution in [0.2, 0.25) is 0 Å². The molecule has 0 aliphatic carbocycles. The first-order valence-electron chi connectivity index (χ1n) is 10.1. The molecule has 2 heterocycles. The molecule has 0 radical (unpaired) electrons. The quantitative estimate of drug-likeness (QED) is 0.612. The Labute approximate surface area is 187 Å². The average molecular weight is 422 g/mol. The van der Waals surface area contributed by atoms with Crippen molar-refractivity contribution in [3.8, 4) is 28.8 Å². The van der Waals surface area contributed by atoms with Crippen LogP contribution in [0, 0.1) is 11.3 Å². The van der Waals surface area contributed by atoms with Crippen molar-refractivity contribution in [2.45, 2.75) is 6.42 Å². The molecule has 0 fully saturated rings. The highest BCUT2D eigenvalue weighted by Gasteiger charge is 2.19. The van der Waals surface area contributed by atoms with Crippen molar-refractivity contribution in [2.24, 2.45) is 10.7 Å². The van der Waals surface area contributed by atoms with Crippen molar-refractivity contribution < 1.29 is 9.47 Å². The van der Waals surface area contributed by atoms with Gasteiger partial charge in [0, 0.05) is 23.2 Å². The van der Waals surface area contributed by atoms with Crippen LogP contribution < -0.4 is 10.5 Å². The van der Waals surface area contributed by atoms with Gasteiger partial charge in [0.05, 0.1) is 35.8 Å². The highest BCUT2D eigenvalue weighted by atomic mass is 16.5. The first kappa shape index (κ1) is 20.9. The third-order valence-electron chi connectivity index (χ3n) is 5.01. The summed E-state index contributed by atoms with van der Waals surface area (Å²) in [5.74, 6) is 1.82. The first-order valence-corrected chi connectivity index (χ1v) is 10.1. The highest BCUT2D eigenvalue weighted by molar-refractivity contribution is 6.20. The maximum atomic E-state index is 9.37. The molecule has 0 atom stereocenters. The van der Waals surface area contributed by atoms with Crippen LogP contribution >= 0.6 is 0 Å². The number of nitriles is 1. The van der Waals surface area contributed by atoms with E-state index < -0.39 is 0 Å². The van der Waals surface area contributed by atoms with Crippen molar-refractivity contribution in [1.82, 2.24) is 4.98 Å². The second kappa shape index (κ2) is 9.19. The summed E-state index contributed by atoms with van der Waals surface area (Å²) in [5, 5.41) is 9.37. The maximum absolute atomic E-state index is 9.37. The zero-order valence-corrected chi connectivity index (χ0v) is 17.7. The molecule has 6 heteroatoms. The maximum Gasteiger partial charge on any atom is 0.216 e. The minimum atomic E-state index is 0.427. The number of aromatic nitrogens is 1. The summed E-state index contributed by atoms with van der Waals surface area (Å²) in [4.78, 5) is 8.98. The predicted octanol–water partition coefficient (Wildman–Crippen LogP) is 5.17. The van der Waals surface area contributed by atoms with Gasteiger partial charge in [-0.1, -0.05) is 18.7 Å². The van der Waals surface area contributed by atoms with Crippen molar-refractivity contribution >= 4 is 17.2 Å². The Balaban J connectivity index is 1.64. The number of aliphatic imine (C=N–C) groups is 1. The summed E-state index contributed by atoms with van der Waals surface area (Å²) >= 11 is 0. The number of hydrogen-bond donors (Lipinski definition) is 1. The van der Waals surface area contributed by atoms with Crippen LogP contribution in [0.15, 0.2) is 78.3 Å². The molecule has 1 aliphatic heterocycles. The lowest BCUT2D eigenvalue weighted by molar-refractivity contribution is 0.405. The molecule has 4 rings (SSSR count). The normalized spacial score (nSPS) is 12.9. The molecule has 0 unspecified atom stereocenters. The summed E-state index contributed by atoms with van der Waals surface area (Å²) in [7, 11) is 1.59. The molecule has 0 bridgehead atoms. The Kier molecular flexibility index (Phi) is 6.00. The number of hydrogen-bond acceptors (Lipinski definition) is 6. The minimum Gasteiger partial charge on any atom is -0.481 e. The van der Waals surface area contributed by atoms with E-state index in [9.17, 15) is 5.26 Å². The molecule has 2 aromatic carbocycles. The SMILES string of the molecule is C=C(N)c1cccc(-c2ccc(Oc3ccc(C#N)cc3C3=CCCN=C3OC)cc2)n1. The molecule has 32 heavy (non-hydrogen) atoms. The number of dihydropyridines is 1. The fraction of sp³-hybridized carbons (Fsp3) is 0.115. The first-order chi connectivity index (χ1) is 15.6. The van der Waals surface area contributed by atoms with Gasteiger partial charge >= 0.3 is 0 Å². The van der Waals surface area contributed by atoms with Gasteiger partial charge in [0.1, 0.15) is 11.5 Å². The molecule has 3 aromatic rings. The lowest BCUT2D eigenvalue weighted by Crippen LogP contribution is -2.10. The second-order valence-corrected chi connectivity index (χ2v) is 7.18. The van der Waals surface area contributed by atoms with Crippen molar-refractivity contribution in [2.75, 3.05) is 13.7 Å². The van der Waals surface area contributed by atoms with Crippen molar-refractivity contribution in [3.05, 3.63) is 90.1 Å². The smallest absolute Gasteiger partial charge is 0.216 e.